The van der Waals surface area contributed by atoms with E-state index in [2.05, 4.69) is 4.98 Å². The number of piperazine rings is 1. The Bertz CT molecular complexity index is 1150. The van der Waals surface area contributed by atoms with Crippen molar-refractivity contribution in [2.45, 2.75) is 18.7 Å². The Kier molecular flexibility index (Phi) is 6.94. The highest BCUT2D eigenvalue weighted by Gasteiger charge is 2.29. The van der Waals surface area contributed by atoms with E-state index < -0.39 is 14.9 Å². The van der Waals surface area contributed by atoms with Gasteiger partial charge < -0.3 is 14.8 Å². The van der Waals surface area contributed by atoms with Gasteiger partial charge in [0.15, 0.2) is 0 Å². The topological polar surface area (TPSA) is 137 Å². The van der Waals surface area contributed by atoms with Gasteiger partial charge in [-0.2, -0.15) is 4.31 Å². The molecule has 0 bridgehead atoms. The third kappa shape index (κ3) is 4.65. The van der Waals surface area contributed by atoms with Crippen molar-refractivity contribution in [3.63, 3.8) is 0 Å². The molecule has 32 heavy (non-hydrogen) atoms. The maximum atomic E-state index is 12.8. The summed E-state index contributed by atoms with van der Waals surface area (Å²) in [6.07, 6.45) is 1.36. The van der Waals surface area contributed by atoms with E-state index in [-0.39, 0.29) is 35.1 Å². The normalized spacial score (nSPS) is 14.6. The fraction of sp³-hybridized carbons (Fsp3) is 0.400. The van der Waals surface area contributed by atoms with Crippen LogP contribution >= 0.6 is 0 Å². The molecule has 0 aliphatic carbocycles. The summed E-state index contributed by atoms with van der Waals surface area (Å²) in [5.74, 6) is -0.240. The molecular formula is C20H25N5O6S. The van der Waals surface area contributed by atoms with Gasteiger partial charge in [0.1, 0.15) is 5.69 Å². The molecule has 0 spiro atoms. The van der Waals surface area contributed by atoms with Crippen LogP contribution in [0.25, 0.3) is 0 Å². The Balaban J connectivity index is 1.80. The molecule has 172 valence electrons. The SMILES string of the molecule is CCN(CC)S(=O)(=O)c1ccc(N2CCN(C(=O)c3ccc(=O)[nH]c3)CC2)c([N+](=O)[O-])c1. The number of nitrogens with one attached hydrogen (secondary N) is 1. The van der Waals surface area contributed by atoms with Crippen molar-refractivity contribution in [1.29, 1.82) is 0 Å². The minimum atomic E-state index is -3.83. The van der Waals surface area contributed by atoms with Crippen molar-refractivity contribution in [3.05, 3.63) is 62.6 Å². The van der Waals surface area contributed by atoms with E-state index in [0.29, 0.717) is 37.4 Å². The van der Waals surface area contributed by atoms with Gasteiger partial charge in [0.05, 0.1) is 15.4 Å². The van der Waals surface area contributed by atoms with E-state index in [0.717, 1.165) is 6.07 Å². The van der Waals surface area contributed by atoms with Crippen LogP contribution in [-0.2, 0) is 10.0 Å². The summed E-state index contributed by atoms with van der Waals surface area (Å²) in [5.41, 5.74) is 0.0726. The van der Waals surface area contributed by atoms with Crippen LogP contribution in [0.3, 0.4) is 0 Å². The lowest BCUT2D eigenvalue weighted by Gasteiger charge is -2.35. The zero-order valence-electron chi connectivity index (χ0n) is 17.9. The molecule has 12 heteroatoms. The molecule has 1 aliphatic heterocycles. The number of carbonyl (C=O) groups is 1. The highest BCUT2D eigenvalue weighted by Crippen LogP contribution is 2.32. The van der Waals surface area contributed by atoms with E-state index in [4.69, 9.17) is 0 Å². The number of nitro groups is 1. The van der Waals surface area contributed by atoms with Crippen LogP contribution in [0, 0.1) is 10.1 Å². The molecule has 1 aromatic carbocycles. The first-order chi connectivity index (χ1) is 15.2. The minimum absolute atomic E-state index is 0.122. The van der Waals surface area contributed by atoms with Gasteiger partial charge in [0, 0.05) is 57.6 Å². The Morgan fingerprint density at radius 1 is 1.12 bits per heavy atom. The smallest absolute Gasteiger partial charge is 0.293 e. The number of hydrogen-bond donors (Lipinski definition) is 1. The average Bonchev–Trinajstić information content (AvgIpc) is 2.79. The quantitative estimate of drug-likeness (QED) is 0.482. The van der Waals surface area contributed by atoms with E-state index in [9.17, 15) is 28.1 Å². The summed E-state index contributed by atoms with van der Waals surface area (Å²) in [6.45, 7) is 5.29. The number of rotatable bonds is 7. The highest BCUT2D eigenvalue weighted by molar-refractivity contribution is 7.89. The van der Waals surface area contributed by atoms with Crippen molar-refractivity contribution in [2.24, 2.45) is 0 Å². The van der Waals surface area contributed by atoms with Crippen molar-refractivity contribution in [3.8, 4) is 0 Å². The molecular weight excluding hydrogens is 438 g/mol. The summed E-state index contributed by atoms with van der Waals surface area (Å²) in [7, 11) is -3.83. The molecule has 1 fully saturated rings. The number of amides is 1. The Morgan fingerprint density at radius 2 is 1.78 bits per heavy atom. The lowest BCUT2D eigenvalue weighted by molar-refractivity contribution is -0.384. The predicted octanol–water partition coefficient (Wildman–Crippen LogP) is 1.28. The van der Waals surface area contributed by atoms with Gasteiger partial charge >= 0.3 is 0 Å². The number of nitrogens with zero attached hydrogens (tertiary/aromatic N) is 4. The van der Waals surface area contributed by atoms with E-state index in [1.807, 2.05) is 0 Å². The Hall–Kier alpha value is -3.25. The Morgan fingerprint density at radius 3 is 2.31 bits per heavy atom. The van der Waals surface area contributed by atoms with Crippen molar-refractivity contribution in [1.82, 2.24) is 14.2 Å². The Labute approximate surface area is 185 Å². The summed E-state index contributed by atoms with van der Waals surface area (Å²) in [5, 5.41) is 11.7. The number of nitro benzene ring substituents is 1. The summed E-state index contributed by atoms with van der Waals surface area (Å²) >= 11 is 0. The molecule has 0 unspecified atom stereocenters. The molecule has 11 nitrogen and oxygen atoms in total. The lowest BCUT2D eigenvalue weighted by Crippen LogP contribution is -2.49. The second-order valence-corrected chi connectivity index (χ2v) is 9.16. The van der Waals surface area contributed by atoms with Crippen LogP contribution in [0.1, 0.15) is 24.2 Å². The van der Waals surface area contributed by atoms with Gasteiger partial charge in [-0.3, -0.25) is 19.7 Å². The molecule has 1 N–H and O–H groups in total. The van der Waals surface area contributed by atoms with Gasteiger partial charge in [0.25, 0.3) is 11.6 Å². The van der Waals surface area contributed by atoms with Gasteiger partial charge in [0.2, 0.25) is 15.6 Å². The van der Waals surface area contributed by atoms with E-state index in [1.54, 1.807) is 23.6 Å². The number of benzene rings is 1. The zero-order valence-corrected chi connectivity index (χ0v) is 18.7. The maximum absolute atomic E-state index is 12.8. The van der Waals surface area contributed by atoms with Crippen LogP contribution < -0.4 is 10.5 Å². The van der Waals surface area contributed by atoms with Crippen molar-refractivity contribution >= 4 is 27.3 Å². The summed E-state index contributed by atoms with van der Waals surface area (Å²) in [6, 6.07) is 6.66. The van der Waals surface area contributed by atoms with Crippen LogP contribution in [0.15, 0.2) is 46.2 Å². The zero-order chi connectivity index (χ0) is 23.5. The number of hydrogen-bond acceptors (Lipinski definition) is 7. The molecule has 1 amide bonds. The van der Waals surface area contributed by atoms with E-state index >= 15 is 0 Å². The largest absolute Gasteiger partial charge is 0.362 e. The second kappa shape index (κ2) is 9.49. The van der Waals surface area contributed by atoms with Crippen molar-refractivity contribution < 1.29 is 18.1 Å². The van der Waals surface area contributed by atoms with Crippen LogP contribution in [0.4, 0.5) is 11.4 Å². The molecule has 1 aliphatic rings. The number of anilines is 1. The molecule has 2 aromatic rings. The first-order valence-electron chi connectivity index (χ1n) is 10.2. The number of pyridine rings is 1. The number of sulfonamides is 1. The standard InChI is InChI=1S/C20H25N5O6S/c1-3-24(4-2)32(30,31)16-6-7-17(18(13-16)25(28)29)22-9-11-23(12-10-22)20(27)15-5-8-19(26)21-14-15/h5-8,13-14H,3-4,9-12H2,1-2H3,(H,21,26). The van der Waals surface area contributed by atoms with Crippen LogP contribution in [-0.4, -0.2) is 72.7 Å². The van der Waals surface area contributed by atoms with Gasteiger partial charge in [-0.15, -0.1) is 0 Å². The van der Waals surface area contributed by atoms with Crippen LogP contribution in [0.5, 0.6) is 0 Å². The first-order valence-corrected chi connectivity index (χ1v) is 11.6. The molecule has 0 saturated carbocycles. The number of H-pyrrole nitrogens is 1. The molecule has 3 rings (SSSR count). The summed E-state index contributed by atoms with van der Waals surface area (Å²) < 4.78 is 26.8. The number of aromatic nitrogens is 1. The van der Waals surface area contributed by atoms with Crippen LogP contribution in [0.2, 0.25) is 0 Å². The molecule has 1 saturated heterocycles. The minimum Gasteiger partial charge on any atom is -0.362 e. The molecule has 0 radical (unpaired) electrons. The maximum Gasteiger partial charge on any atom is 0.293 e. The van der Waals surface area contributed by atoms with Gasteiger partial charge in [-0.25, -0.2) is 8.42 Å². The molecule has 1 aromatic heterocycles. The van der Waals surface area contributed by atoms with Gasteiger partial charge in [-0.05, 0) is 18.2 Å². The monoisotopic (exact) mass is 463 g/mol. The third-order valence-corrected chi connectivity index (χ3v) is 7.47. The lowest BCUT2D eigenvalue weighted by atomic mass is 10.2. The second-order valence-electron chi connectivity index (χ2n) is 7.22. The molecule has 2 heterocycles. The average molecular weight is 464 g/mol. The predicted molar refractivity (Wildman–Crippen MR) is 118 cm³/mol. The van der Waals surface area contributed by atoms with Crippen molar-refractivity contribution in [2.75, 3.05) is 44.2 Å². The fourth-order valence-electron chi connectivity index (χ4n) is 3.67. The van der Waals surface area contributed by atoms with E-state index in [1.165, 1.54) is 34.8 Å². The van der Waals surface area contributed by atoms with Gasteiger partial charge in [-0.1, -0.05) is 13.8 Å². The fourth-order valence-corrected chi connectivity index (χ4v) is 5.15. The number of aromatic amines is 1. The highest BCUT2D eigenvalue weighted by atomic mass is 32.2. The summed E-state index contributed by atoms with van der Waals surface area (Å²) in [4.78, 5) is 40.6. The molecule has 0 atom stereocenters. The third-order valence-electron chi connectivity index (χ3n) is 5.43. The number of carbonyl (C=O) groups excluding carboxylic acids is 1. The first kappa shape index (κ1) is 23.4.